The highest BCUT2D eigenvalue weighted by Gasteiger charge is 2.32. The zero-order chi connectivity index (χ0) is 20.3. The van der Waals surface area contributed by atoms with Gasteiger partial charge in [0, 0.05) is 24.2 Å². The first kappa shape index (κ1) is 20.1. The lowest BCUT2D eigenvalue weighted by Crippen LogP contribution is -2.37. The Bertz CT molecular complexity index is 907. The van der Waals surface area contributed by atoms with E-state index in [0.717, 1.165) is 0 Å². The summed E-state index contributed by atoms with van der Waals surface area (Å²) in [6.45, 7) is 0.735. The van der Waals surface area contributed by atoms with Crippen molar-refractivity contribution in [2.75, 3.05) is 44.1 Å². The number of halogens is 2. The molecule has 0 bridgehead atoms. The molecule has 0 unspecified atom stereocenters. The molecule has 1 saturated heterocycles. The number of carbonyl (C=O) groups excluding carboxylic acids is 2. The van der Waals surface area contributed by atoms with Gasteiger partial charge in [0.25, 0.3) is 0 Å². The molecule has 148 valence electrons. The van der Waals surface area contributed by atoms with Crippen LogP contribution in [0.2, 0.25) is 10.0 Å². The first-order valence-corrected chi connectivity index (χ1v) is 9.22. The van der Waals surface area contributed by atoms with Crippen LogP contribution in [0.1, 0.15) is 0 Å². The van der Waals surface area contributed by atoms with Crippen LogP contribution in [-0.4, -0.2) is 50.7 Å². The van der Waals surface area contributed by atoms with E-state index in [2.05, 4.69) is 5.32 Å². The smallest absolute Gasteiger partial charge is 0.325 e. The zero-order valence-corrected chi connectivity index (χ0v) is 16.9. The first-order valence-electron chi connectivity index (χ1n) is 8.46. The summed E-state index contributed by atoms with van der Waals surface area (Å²) in [6.07, 6.45) is 0. The summed E-state index contributed by atoms with van der Waals surface area (Å²) in [4.78, 5) is 28.2. The predicted octanol–water partition coefficient (Wildman–Crippen LogP) is 3.89. The molecule has 2 aromatic carbocycles. The molecule has 28 heavy (non-hydrogen) atoms. The quantitative estimate of drug-likeness (QED) is 0.764. The summed E-state index contributed by atoms with van der Waals surface area (Å²) < 4.78 is 10.6. The number of carbonyl (C=O) groups is 2. The number of amides is 3. The molecule has 1 aliphatic heterocycles. The van der Waals surface area contributed by atoms with Crippen LogP contribution in [0.15, 0.2) is 36.4 Å². The van der Waals surface area contributed by atoms with Crippen LogP contribution in [0.4, 0.5) is 16.2 Å². The van der Waals surface area contributed by atoms with Crippen LogP contribution < -0.4 is 19.7 Å². The van der Waals surface area contributed by atoms with Gasteiger partial charge in [-0.05, 0) is 30.3 Å². The van der Waals surface area contributed by atoms with Gasteiger partial charge in [0.05, 0.1) is 30.6 Å². The van der Waals surface area contributed by atoms with Crippen LogP contribution in [0.5, 0.6) is 11.5 Å². The van der Waals surface area contributed by atoms with Crippen LogP contribution in [0.25, 0.3) is 0 Å². The summed E-state index contributed by atoms with van der Waals surface area (Å²) in [5, 5.41) is 3.50. The molecule has 0 radical (unpaired) electrons. The van der Waals surface area contributed by atoms with Gasteiger partial charge in [-0.2, -0.15) is 0 Å². The Balaban J connectivity index is 1.69. The van der Waals surface area contributed by atoms with Crippen molar-refractivity contribution < 1.29 is 19.1 Å². The highest BCUT2D eigenvalue weighted by atomic mass is 35.5. The standard InChI is InChI=1S/C19H19Cl2N3O4/c1-27-13-4-6-17(28-2)16(10-13)24-8-7-23(19(24)26)11-18(25)22-15-5-3-12(20)9-14(15)21/h3-6,9-10H,7-8,11H2,1-2H3,(H,22,25). The number of urea groups is 1. The number of nitrogens with zero attached hydrogens (tertiary/aromatic N) is 2. The molecule has 3 rings (SSSR count). The first-order chi connectivity index (χ1) is 13.4. The number of methoxy groups -OCH3 is 2. The lowest BCUT2D eigenvalue weighted by atomic mass is 10.2. The van der Waals surface area contributed by atoms with E-state index in [4.69, 9.17) is 32.7 Å². The number of anilines is 2. The summed E-state index contributed by atoms with van der Waals surface area (Å²) >= 11 is 11.9. The van der Waals surface area contributed by atoms with E-state index in [-0.39, 0.29) is 18.5 Å². The molecule has 2 aromatic rings. The minimum Gasteiger partial charge on any atom is -0.497 e. The van der Waals surface area contributed by atoms with E-state index in [0.29, 0.717) is 46.0 Å². The third-order valence-electron chi connectivity index (χ3n) is 4.31. The molecule has 0 atom stereocenters. The molecule has 1 heterocycles. The maximum absolute atomic E-state index is 12.8. The Labute approximate surface area is 172 Å². The maximum atomic E-state index is 12.8. The van der Waals surface area contributed by atoms with E-state index >= 15 is 0 Å². The van der Waals surface area contributed by atoms with Crippen molar-refractivity contribution in [2.24, 2.45) is 0 Å². The minimum atomic E-state index is -0.350. The van der Waals surface area contributed by atoms with Crippen molar-refractivity contribution in [1.82, 2.24) is 4.90 Å². The maximum Gasteiger partial charge on any atom is 0.325 e. The van der Waals surface area contributed by atoms with E-state index in [9.17, 15) is 9.59 Å². The van der Waals surface area contributed by atoms with Gasteiger partial charge >= 0.3 is 6.03 Å². The van der Waals surface area contributed by atoms with Crippen molar-refractivity contribution in [3.05, 3.63) is 46.4 Å². The topological polar surface area (TPSA) is 71.1 Å². The predicted molar refractivity (Wildman–Crippen MR) is 109 cm³/mol. The molecule has 0 saturated carbocycles. The van der Waals surface area contributed by atoms with Gasteiger partial charge < -0.3 is 19.7 Å². The van der Waals surface area contributed by atoms with Crippen LogP contribution in [0.3, 0.4) is 0 Å². The average Bonchev–Trinajstić information content (AvgIpc) is 3.03. The minimum absolute atomic E-state index is 0.0967. The second kappa shape index (κ2) is 8.58. The number of rotatable bonds is 6. The van der Waals surface area contributed by atoms with Crippen molar-refractivity contribution in [3.8, 4) is 11.5 Å². The van der Waals surface area contributed by atoms with Crippen molar-refractivity contribution >= 4 is 46.5 Å². The van der Waals surface area contributed by atoms with Gasteiger partial charge in [-0.25, -0.2) is 4.79 Å². The van der Waals surface area contributed by atoms with Gasteiger partial charge in [0.1, 0.15) is 18.0 Å². The van der Waals surface area contributed by atoms with Crippen molar-refractivity contribution in [3.63, 3.8) is 0 Å². The Morgan fingerprint density at radius 1 is 1.11 bits per heavy atom. The van der Waals surface area contributed by atoms with Crippen molar-refractivity contribution in [1.29, 1.82) is 0 Å². The number of hydrogen-bond acceptors (Lipinski definition) is 4. The fraction of sp³-hybridized carbons (Fsp3) is 0.263. The Morgan fingerprint density at radius 2 is 1.89 bits per heavy atom. The second-order valence-electron chi connectivity index (χ2n) is 6.07. The molecule has 0 spiro atoms. The second-order valence-corrected chi connectivity index (χ2v) is 6.91. The highest BCUT2D eigenvalue weighted by Crippen LogP contribution is 2.34. The molecular weight excluding hydrogens is 405 g/mol. The third kappa shape index (κ3) is 4.26. The average molecular weight is 424 g/mol. The van der Waals surface area contributed by atoms with Crippen LogP contribution >= 0.6 is 23.2 Å². The zero-order valence-electron chi connectivity index (χ0n) is 15.4. The lowest BCUT2D eigenvalue weighted by Gasteiger charge is -2.21. The lowest BCUT2D eigenvalue weighted by molar-refractivity contribution is -0.116. The third-order valence-corrected chi connectivity index (χ3v) is 4.86. The van der Waals surface area contributed by atoms with E-state index in [1.54, 1.807) is 42.3 Å². The molecule has 0 aliphatic carbocycles. The fourth-order valence-corrected chi connectivity index (χ4v) is 3.37. The van der Waals surface area contributed by atoms with Crippen LogP contribution in [0, 0.1) is 0 Å². The number of benzene rings is 2. The summed E-state index contributed by atoms with van der Waals surface area (Å²) in [5.41, 5.74) is 1.03. The molecule has 1 fully saturated rings. The van der Waals surface area contributed by atoms with Gasteiger partial charge in [-0.1, -0.05) is 23.2 Å². The van der Waals surface area contributed by atoms with Crippen LogP contribution in [-0.2, 0) is 4.79 Å². The largest absolute Gasteiger partial charge is 0.497 e. The highest BCUT2D eigenvalue weighted by molar-refractivity contribution is 6.36. The Hall–Kier alpha value is -2.64. The normalized spacial score (nSPS) is 13.6. The monoisotopic (exact) mass is 423 g/mol. The van der Waals surface area contributed by atoms with E-state index in [1.807, 2.05) is 0 Å². The molecule has 3 amide bonds. The molecule has 1 aliphatic rings. The number of nitrogens with one attached hydrogen (secondary N) is 1. The number of ether oxygens (including phenoxy) is 2. The van der Waals surface area contributed by atoms with Gasteiger partial charge in [-0.15, -0.1) is 0 Å². The summed E-state index contributed by atoms with van der Waals surface area (Å²) in [6, 6.07) is 9.71. The molecule has 9 heteroatoms. The van der Waals surface area contributed by atoms with Gasteiger partial charge in [-0.3, -0.25) is 9.69 Å². The molecule has 1 N–H and O–H groups in total. The van der Waals surface area contributed by atoms with Gasteiger partial charge in [0.15, 0.2) is 0 Å². The summed E-state index contributed by atoms with van der Waals surface area (Å²) in [5.74, 6) is 0.808. The Morgan fingerprint density at radius 3 is 2.57 bits per heavy atom. The van der Waals surface area contributed by atoms with Crippen molar-refractivity contribution in [2.45, 2.75) is 0 Å². The van der Waals surface area contributed by atoms with E-state index in [1.165, 1.54) is 18.1 Å². The van der Waals surface area contributed by atoms with E-state index < -0.39 is 0 Å². The number of hydrogen-bond donors (Lipinski definition) is 1. The molecule has 0 aromatic heterocycles. The molecular formula is C19H19Cl2N3O4. The SMILES string of the molecule is COc1ccc(OC)c(N2CCN(CC(=O)Nc3ccc(Cl)cc3Cl)C2=O)c1. The Kier molecular flexibility index (Phi) is 6.16. The summed E-state index contributed by atoms with van der Waals surface area (Å²) in [7, 11) is 3.09. The van der Waals surface area contributed by atoms with Gasteiger partial charge in [0.2, 0.25) is 5.91 Å². The fourth-order valence-electron chi connectivity index (χ4n) is 2.91. The molecule has 7 nitrogen and oxygen atoms in total.